The SMILES string of the molecule is O=C(COC(=O)c1ccc(F)c(S(=O)(=O)N2CCCCC2)c1)c1cccc(Cl)c1. The van der Waals surface area contributed by atoms with Gasteiger partial charge in [0.25, 0.3) is 0 Å². The zero-order valence-electron chi connectivity index (χ0n) is 15.4. The molecule has 1 aliphatic rings. The maximum atomic E-state index is 14.2. The molecule has 1 fully saturated rings. The number of piperidine rings is 1. The van der Waals surface area contributed by atoms with E-state index in [-0.39, 0.29) is 11.1 Å². The van der Waals surface area contributed by atoms with Gasteiger partial charge in [-0.15, -0.1) is 0 Å². The van der Waals surface area contributed by atoms with Crippen molar-refractivity contribution in [2.24, 2.45) is 0 Å². The van der Waals surface area contributed by atoms with Crippen molar-refractivity contribution in [1.82, 2.24) is 4.31 Å². The number of hydrogen-bond acceptors (Lipinski definition) is 5. The van der Waals surface area contributed by atoms with E-state index >= 15 is 0 Å². The quantitative estimate of drug-likeness (QED) is 0.506. The highest BCUT2D eigenvalue weighted by Gasteiger charge is 2.29. The van der Waals surface area contributed by atoms with Crippen molar-refractivity contribution in [3.63, 3.8) is 0 Å². The Morgan fingerprint density at radius 1 is 1.03 bits per heavy atom. The van der Waals surface area contributed by atoms with E-state index in [9.17, 15) is 22.4 Å². The van der Waals surface area contributed by atoms with Crippen LogP contribution in [0.25, 0.3) is 0 Å². The molecule has 0 aromatic heterocycles. The summed E-state index contributed by atoms with van der Waals surface area (Å²) in [7, 11) is -4.06. The Morgan fingerprint density at radius 3 is 2.45 bits per heavy atom. The molecule has 2 aromatic rings. The van der Waals surface area contributed by atoms with Gasteiger partial charge >= 0.3 is 5.97 Å². The van der Waals surface area contributed by atoms with Gasteiger partial charge < -0.3 is 4.74 Å². The third kappa shape index (κ3) is 5.01. The molecule has 0 unspecified atom stereocenters. The number of sulfonamides is 1. The van der Waals surface area contributed by atoms with E-state index in [4.69, 9.17) is 16.3 Å². The van der Waals surface area contributed by atoms with Crippen molar-refractivity contribution in [3.8, 4) is 0 Å². The number of hydrogen-bond donors (Lipinski definition) is 0. The summed E-state index contributed by atoms with van der Waals surface area (Å²) in [6.45, 7) is 0.0694. The largest absolute Gasteiger partial charge is 0.454 e. The molecule has 6 nitrogen and oxygen atoms in total. The maximum Gasteiger partial charge on any atom is 0.338 e. The summed E-state index contributed by atoms with van der Waals surface area (Å²) in [6, 6.07) is 9.15. The Kier molecular flexibility index (Phi) is 6.66. The van der Waals surface area contributed by atoms with Crippen LogP contribution in [-0.4, -0.2) is 44.2 Å². The predicted molar refractivity (Wildman–Crippen MR) is 105 cm³/mol. The van der Waals surface area contributed by atoms with E-state index in [1.807, 2.05) is 0 Å². The van der Waals surface area contributed by atoms with Crippen LogP contribution in [0.5, 0.6) is 0 Å². The molecule has 0 saturated carbocycles. The lowest BCUT2D eigenvalue weighted by molar-refractivity contribution is 0.0474. The molecule has 154 valence electrons. The number of ketones is 1. The van der Waals surface area contributed by atoms with Crippen LogP contribution in [0.3, 0.4) is 0 Å². The summed E-state index contributed by atoms with van der Waals surface area (Å²) < 4.78 is 45.9. The molecule has 2 aromatic carbocycles. The van der Waals surface area contributed by atoms with Crippen molar-refractivity contribution in [1.29, 1.82) is 0 Å². The van der Waals surface area contributed by atoms with Gasteiger partial charge in [0, 0.05) is 23.7 Å². The van der Waals surface area contributed by atoms with Gasteiger partial charge in [-0.25, -0.2) is 17.6 Å². The van der Waals surface area contributed by atoms with Gasteiger partial charge in [-0.3, -0.25) is 4.79 Å². The number of benzene rings is 2. The molecule has 0 N–H and O–H groups in total. The third-order valence-corrected chi connectivity index (χ3v) is 6.73. The highest BCUT2D eigenvalue weighted by Crippen LogP contribution is 2.24. The minimum atomic E-state index is -4.06. The van der Waals surface area contributed by atoms with Gasteiger partial charge in [0.05, 0.1) is 5.56 Å². The van der Waals surface area contributed by atoms with Crippen molar-refractivity contribution in [2.45, 2.75) is 24.2 Å². The summed E-state index contributed by atoms with van der Waals surface area (Å²) in [5, 5.41) is 0.369. The van der Waals surface area contributed by atoms with Crippen LogP contribution in [0.4, 0.5) is 4.39 Å². The van der Waals surface area contributed by atoms with Crippen LogP contribution in [0.15, 0.2) is 47.4 Å². The number of esters is 1. The van der Waals surface area contributed by atoms with Crippen LogP contribution < -0.4 is 0 Å². The Hall–Kier alpha value is -2.29. The fourth-order valence-electron chi connectivity index (χ4n) is 3.03. The van der Waals surface area contributed by atoms with E-state index < -0.39 is 39.1 Å². The molecule has 1 saturated heterocycles. The van der Waals surface area contributed by atoms with E-state index in [0.29, 0.717) is 31.0 Å². The van der Waals surface area contributed by atoms with E-state index in [0.717, 1.165) is 24.6 Å². The zero-order chi connectivity index (χ0) is 21.0. The van der Waals surface area contributed by atoms with Gasteiger partial charge in [0.1, 0.15) is 10.7 Å². The van der Waals surface area contributed by atoms with Crippen LogP contribution >= 0.6 is 11.6 Å². The van der Waals surface area contributed by atoms with Gasteiger partial charge in [-0.2, -0.15) is 4.31 Å². The molecule has 29 heavy (non-hydrogen) atoms. The number of ether oxygens (including phenoxy) is 1. The fourth-order valence-corrected chi connectivity index (χ4v) is 4.83. The van der Waals surface area contributed by atoms with Crippen LogP contribution in [-0.2, 0) is 14.8 Å². The molecule has 0 amide bonds. The molecule has 0 atom stereocenters. The Morgan fingerprint density at radius 2 is 1.76 bits per heavy atom. The molecule has 1 heterocycles. The Balaban J connectivity index is 1.74. The van der Waals surface area contributed by atoms with Crippen LogP contribution in [0.2, 0.25) is 5.02 Å². The lowest BCUT2D eigenvalue weighted by Crippen LogP contribution is -2.36. The first kappa shape index (κ1) is 21.4. The summed E-state index contributed by atoms with van der Waals surface area (Å²) in [5.41, 5.74) is 0.124. The Bertz CT molecular complexity index is 1030. The first-order chi connectivity index (χ1) is 13.8. The number of carbonyl (C=O) groups excluding carboxylic acids is 2. The number of halogens is 2. The lowest BCUT2D eigenvalue weighted by atomic mass is 10.1. The minimum Gasteiger partial charge on any atom is -0.454 e. The second kappa shape index (κ2) is 9.02. The first-order valence-corrected chi connectivity index (χ1v) is 10.9. The lowest BCUT2D eigenvalue weighted by Gasteiger charge is -2.26. The number of nitrogens with zero attached hydrogens (tertiary/aromatic N) is 1. The fraction of sp³-hybridized carbons (Fsp3) is 0.300. The molecular formula is C20H19ClFNO5S. The van der Waals surface area contributed by atoms with Crippen molar-refractivity contribution in [2.75, 3.05) is 19.7 Å². The normalized spacial score (nSPS) is 15.1. The van der Waals surface area contributed by atoms with Crippen molar-refractivity contribution in [3.05, 3.63) is 64.4 Å². The maximum absolute atomic E-state index is 14.2. The molecule has 9 heteroatoms. The number of rotatable bonds is 6. The third-order valence-electron chi connectivity index (χ3n) is 4.58. The first-order valence-electron chi connectivity index (χ1n) is 9.04. The van der Waals surface area contributed by atoms with Gasteiger partial charge in [0.15, 0.2) is 12.4 Å². The molecular weight excluding hydrogens is 421 g/mol. The summed E-state index contributed by atoms with van der Waals surface area (Å²) in [5.74, 6) is -2.33. The smallest absolute Gasteiger partial charge is 0.338 e. The average molecular weight is 440 g/mol. The van der Waals surface area contributed by atoms with E-state index in [2.05, 4.69) is 0 Å². The summed E-state index contributed by atoms with van der Waals surface area (Å²) >= 11 is 5.83. The minimum absolute atomic E-state index is 0.152. The molecule has 0 aliphatic carbocycles. The average Bonchev–Trinajstić information content (AvgIpc) is 2.72. The highest BCUT2D eigenvalue weighted by molar-refractivity contribution is 7.89. The number of carbonyl (C=O) groups is 2. The molecule has 1 aliphatic heterocycles. The predicted octanol–water partition coefficient (Wildman–Crippen LogP) is 3.69. The monoisotopic (exact) mass is 439 g/mol. The van der Waals surface area contributed by atoms with Crippen LogP contribution in [0.1, 0.15) is 40.0 Å². The summed E-state index contributed by atoms with van der Waals surface area (Å²) in [4.78, 5) is 23.8. The van der Waals surface area contributed by atoms with Crippen molar-refractivity contribution < 1.29 is 27.1 Å². The molecule has 3 rings (SSSR count). The van der Waals surface area contributed by atoms with E-state index in [1.54, 1.807) is 12.1 Å². The summed E-state index contributed by atoms with van der Waals surface area (Å²) in [6.07, 6.45) is 2.32. The number of Topliss-reactive ketones (excluding diaryl/α,β-unsaturated/α-hetero) is 1. The van der Waals surface area contributed by atoms with Gasteiger partial charge in [-0.05, 0) is 43.2 Å². The second-order valence-electron chi connectivity index (χ2n) is 6.62. The van der Waals surface area contributed by atoms with Gasteiger partial charge in [0.2, 0.25) is 10.0 Å². The molecule has 0 spiro atoms. The van der Waals surface area contributed by atoms with E-state index in [1.165, 1.54) is 16.4 Å². The topological polar surface area (TPSA) is 80.8 Å². The van der Waals surface area contributed by atoms with Gasteiger partial charge in [-0.1, -0.05) is 30.2 Å². The Labute approximate surface area is 173 Å². The molecule has 0 radical (unpaired) electrons. The molecule has 0 bridgehead atoms. The highest BCUT2D eigenvalue weighted by atomic mass is 35.5. The zero-order valence-corrected chi connectivity index (χ0v) is 17.0. The second-order valence-corrected chi connectivity index (χ2v) is 8.96. The van der Waals surface area contributed by atoms with Crippen LogP contribution in [0, 0.1) is 5.82 Å². The standard InChI is InChI=1S/C20H19ClFNO5S/c21-16-6-4-5-14(11-16)18(24)13-28-20(25)15-7-8-17(22)19(12-15)29(26,27)23-9-2-1-3-10-23/h4-8,11-12H,1-3,9-10,13H2. The van der Waals surface area contributed by atoms with Crippen molar-refractivity contribution >= 4 is 33.4 Å².